The molecule has 86 valence electrons. The van der Waals surface area contributed by atoms with Crippen molar-refractivity contribution in [2.75, 3.05) is 7.05 Å². The van der Waals surface area contributed by atoms with Gasteiger partial charge in [-0.05, 0) is 6.07 Å². The topological polar surface area (TPSA) is 86.6 Å². The van der Waals surface area contributed by atoms with E-state index in [1.807, 2.05) is 0 Å². The summed E-state index contributed by atoms with van der Waals surface area (Å²) in [6.07, 6.45) is 0. The zero-order chi connectivity index (χ0) is 12.3. The molecule has 1 aromatic rings. The first kappa shape index (κ1) is 12.5. The van der Waals surface area contributed by atoms with Crippen molar-refractivity contribution in [2.24, 2.45) is 0 Å². The molecule has 1 rings (SSSR count). The van der Waals surface area contributed by atoms with Gasteiger partial charge in [0, 0.05) is 17.6 Å². The lowest BCUT2D eigenvalue weighted by Gasteiger charge is -2.22. The summed E-state index contributed by atoms with van der Waals surface area (Å²) in [5.74, 6) is -2.73. The van der Waals surface area contributed by atoms with Gasteiger partial charge in [-0.2, -0.15) is 0 Å². The van der Waals surface area contributed by atoms with E-state index in [4.69, 9.17) is 16.7 Å². The number of rotatable bonds is 3. The van der Waals surface area contributed by atoms with Gasteiger partial charge in [-0.3, -0.25) is 4.79 Å². The van der Waals surface area contributed by atoms with Crippen LogP contribution in [0.1, 0.15) is 5.56 Å². The highest BCUT2D eigenvalue weighted by atomic mass is 35.5. The summed E-state index contributed by atoms with van der Waals surface area (Å²) in [6.45, 7) is 0. The van der Waals surface area contributed by atoms with E-state index in [1.54, 1.807) is 6.07 Å². The Morgan fingerprint density at radius 1 is 1.38 bits per heavy atom. The van der Waals surface area contributed by atoms with Gasteiger partial charge in [0.2, 0.25) is 0 Å². The van der Waals surface area contributed by atoms with E-state index in [9.17, 15) is 14.7 Å². The average molecular weight is 244 g/mol. The third-order valence-corrected chi connectivity index (χ3v) is 2.46. The molecule has 1 atom stereocenters. The van der Waals surface area contributed by atoms with Gasteiger partial charge < -0.3 is 15.5 Å². The standard InChI is InChI=1S/C10H10ClNO4/c1-12-8(13)10(16,9(14)15)6-4-2-3-5-7(6)11/h2-5,16H,1H3,(H,12,13)(H,14,15). The molecule has 0 aliphatic rings. The van der Waals surface area contributed by atoms with Gasteiger partial charge in [0.05, 0.1) is 0 Å². The number of carbonyl (C=O) groups excluding carboxylic acids is 1. The molecule has 0 saturated carbocycles. The summed E-state index contributed by atoms with van der Waals surface area (Å²) in [6, 6.07) is 5.73. The second-order valence-electron chi connectivity index (χ2n) is 3.07. The van der Waals surface area contributed by atoms with Gasteiger partial charge in [0.1, 0.15) is 0 Å². The first-order valence-electron chi connectivity index (χ1n) is 4.37. The highest BCUT2D eigenvalue weighted by Crippen LogP contribution is 2.28. The van der Waals surface area contributed by atoms with E-state index in [1.165, 1.54) is 25.2 Å². The van der Waals surface area contributed by atoms with Crippen LogP contribution in [0.2, 0.25) is 5.02 Å². The van der Waals surface area contributed by atoms with E-state index in [-0.39, 0.29) is 10.6 Å². The average Bonchev–Trinajstić information content (AvgIpc) is 2.27. The van der Waals surface area contributed by atoms with Crippen LogP contribution in [0.4, 0.5) is 0 Å². The van der Waals surface area contributed by atoms with Crippen molar-refractivity contribution in [1.29, 1.82) is 0 Å². The van der Waals surface area contributed by atoms with Crippen LogP contribution in [0.3, 0.4) is 0 Å². The Kier molecular flexibility index (Phi) is 3.51. The number of likely N-dealkylation sites (N-methyl/N-ethyl adjacent to an activating group) is 1. The zero-order valence-electron chi connectivity index (χ0n) is 8.40. The summed E-state index contributed by atoms with van der Waals surface area (Å²) in [4.78, 5) is 22.4. The lowest BCUT2D eigenvalue weighted by Crippen LogP contribution is -2.49. The van der Waals surface area contributed by atoms with Crippen molar-refractivity contribution >= 4 is 23.5 Å². The van der Waals surface area contributed by atoms with Gasteiger partial charge >= 0.3 is 5.97 Å². The molecule has 5 nitrogen and oxygen atoms in total. The minimum absolute atomic E-state index is 0.0102. The summed E-state index contributed by atoms with van der Waals surface area (Å²) in [7, 11) is 1.23. The second kappa shape index (κ2) is 4.51. The summed E-state index contributed by atoms with van der Waals surface area (Å²) in [5.41, 5.74) is -2.84. The van der Waals surface area contributed by atoms with Crippen LogP contribution >= 0.6 is 11.6 Å². The van der Waals surface area contributed by atoms with E-state index in [0.717, 1.165) is 0 Å². The van der Waals surface area contributed by atoms with Crippen LogP contribution in [0.25, 0.3) is 0 Å². The Morgan fingerprint density at radius 3 is 2.38 bits per heavy atom. The molecule has 1 unspecified atom stereocenters. The van der Waals surface area contributed by atoms with Crippen LogP contribution in [0, 0.1) is 0 Å². The molecule has 0 heterocycles. The molecule has 16 heavy (non-hydrogen) atoms. The summed E-state index contributed by atoms with van der Waals surface area (Å²) < 4.78 is 0. The van der Waals surface area contributed by atoms with Crippen LogP contribution in [-0.4, -0.2) is 29.1 Å². The highest BCUT2D eigenvalue weighted by molar-refractivity contribution is 6.32. The van der Waals surface area contributed by atoms with Gasteiger partial charge in [-0.25, -0.2) is 4.79 Å². The number of nitrogens with one attached hydrogen (secondary N) is 1. The molecule has 0 spiro atoms. The van der Waals surface area contributed by atoms with Crippen LogP contribution in [-0.2, 0) is 15.2 Å². The highest BCUT2D eigenvalue weighted by Gasteiger charge is 2.46. The predicted octanol–water partition coefficient (Wildman–Crippen LogP) is 0.358. The maximum absolute atomic E-state index is 11.4. The van der Waals surface area contributed by atoms with E-state index in [0.29, 0.717) is 0 Å². The molecule has 3 N–H and O–H groups in total. The molecule has 0 saturated heterocycles. The van der Waals surface area contributed by atoms with Gasteiger partial charge in [0.15, 0.2) is 0 Å². The molecular weight excluding hydrogens is 234 g/mol. The van der Waals surface area contributed by atoms with Crippen molar-refractivity contribution in [3.05, 3.63) is 34.9 Å². The fourth-order valence-electron chi connectivity index (χ4n) is 1.27. The third-order valence-electron chi connectivity index (χ3n) is 2.13. The first-order chi connectivity index (χ1) is 7.44. The Hall–Kier alpha value is -1.59. The molecule has 0 aliphatic heterocycles. The SMILES string of the molecule is CNC(=O)C(O)(C(=O)O)c1ccccc1Cl. The molecular formula is C10H10ClNO4. The second-order valence-corrected chi connectivity index (χ2v) is 3.48. The maximum Gasteiger partial charge on any atom is 0.350 e. The molecule has 0 radical (unpaired) electrons. The Bertz CT molecular complexity index is 435. The number of halogens is 1. The van der Waals surface area contributed by atoms with Crippen molar-refractivity contribution in [3.63, 3.8) is 0 Å². The lowest BCUT2D eigenvalue weighted by atomic mass is 9.93. The quantitative estimate of drug-likeness (QED) is 0.669. The summed E-state index contributed by atoms with van der Waals surface area (Å²) in [5, 5.41) is 21.0. The number of carboxylic acids is 1. The lowest BCUT2D eigenvalue weighted by molar-refractivity contribution is -0.167. The fraction of sp³-hybridized carbons (Fsp3) is 0.200. The number of amides is 1. The number of carboxylic acid groups (broad SMARTS) is 1. The Labute approximate surface area is 96.7 Å². The Balaban J connectivity index is 3.39. The van der Waals surface area contributed by atoms with Crippen LogP contribution in [0.5, 0.6) is 0 Å². The fourth-order valence-corrected chi connectivity index (χ4v) is 1.54. The van der Waals surface area contributed by atoms with Crippen molar-refractivity contribution in [1.82, 2.24) is 5.32 Å². The van der Waals surface area contributed by atoms with Crippen LogP contribution < -0.4 is 5.32 Å². The number of hydrogen-bond acceptors (Lipinski definition) is 3. The minimum Gasteiger partial charge on any atom is -0.478 e. The monoisotopic (exact) mass is 243 g/mol. The normalized spacial score (nSPS) is 13.9. The smallest absolute Gasteiger partial charge is 0.350 e. The molecule has 1 amide bonds. The molecule has 0 aromatic heterocycles. The Morgan fingerprint density at radius 2 is 1.94 bits per heavy atom. The zero-order valence-corrected chi connectivity index (χ0v) is 9.15. The molecule has 0 bridgehead atoms. The van der Waals surface area contributed by atoms with E-state index < -0.39 is 17.5 Å². The van der Waals surface area contributed by atoms with Crippen molar-refractivity contribution in [2.45, 2.75) is 5.60 Å². The maximum atomic E-state index is 11.4. The number of aliphatic hydroxyl groups is 1. The predicted molar refractivity (Wildman–Crippen MR) is 57.1 cm³/mol. The third kappa shape index (κ3) is 1.87. The van der Waals surface area contributed by atoms with Gasteiger partial charge in [0.25, 0.3) is 11.5 Å². The number of benzene rings is 1. The van der Waals surface area contributed by atoms with E-state index >= 15 is 0 Å². The minimum atomic E-state index is -2.67. The molecule has 1 aromatic carbocycles. The van der Waals surface area contributed by atoms with Gasteiger partial charge in [-0.1, -0.05) is 29.8 Å². The number of hydrogen-bond donors (Lipinski definition) is 3. The molecule has 0 aliphatic carbocycles. The van der Waals surface area contributed by atoms with E-state index in [2.05, 4.69) is 5.32 Å². The summed E-state index contributed by atoms with van der Waals surface area (Å²) >= 11 is 5.75. The van der Waals surface area contributed by atoms with Crippen molar-refractivity contribution in [3.8, 4) is 0 Å². The largest absolute Gasteiger partial charge is 0.478 e. The first-order valence-corrected chi connectivity index (χ1v) is 4.75. The number of carbonyl (C=O) groups is 2. The number of aliphatic carboxylic acids is 1. The molecule has 6 heteroatoms. The van der Waals surface area contributed by atoms with Crippen LogP contribution in [0.15, 0.2) is 24.3 Å². The van der Waals surface area contributed by atoms with Gasteiger partial charge in [-0.15, -0.1) is 0 Å². The molecule has 0 fully saturated rings. The van der Waals surface area contributed by atoms with Crippen molar-refractivity contribution < 1.29 is 19.8 Å².